The molecular formula is C11H10N4OS. The SMILES string of the molecule is CC(=O)c1sc2nc(N)c(C#N)c(C)c2c1N. The summed E-state index contributed by atoms with van der Waals surface area (Å²) < 4.78 is 0. The molecule has 0 aromatic carbocycles. The van der Waals surface area contributed by atoms with E-state index >= 15 is 0 Å². The van der Waals surface area contributed by atoms with Crippen molar-refractivity contribution in [3.63, 3.8) is 0 Å². The van der Waals surface area contributed by atoms with E-state index in [4.69, 9.17) is 16.7 Å². The molecule has 6 heteroatoms. The van der Waals surface area contributed by atoms with Gasteiger partial charge in [-0.3, -0.25) is 4.79 Å². The third-order valence-corrected chi connectivity index (χ3v) is 3.79. The Morgan fingerprint density at radius 3 is 2.65 bits per heavy atom. The fourth-order valence-corrected chi connectivity index (χ4v) is 2.82. The number of fused-ring (bicyclic) bond motifs is 1. The minimum absolute atomic E-state index is 0.109. The van der Waals surface area contributed by atoms with Crippen molar-refractivity contribution in [2.75, 3.05) is 11.5 Å². The Balaban J connectivity index is 2.95. The van der Waals surface area contributed by atoms with Gasteiger partial charge < -0.3 is 11.5 Å². The Kier molecular flexibility index (Phi) is 2.48. The zero-order chi connectivity index (χ0) is 12.7. The first-order valence-electron chi connectivity index (χ1n) is 4.86. The highest BCUT2D eigenvalue weighted by Gasteiger charge is 2.19. The molecule has 17 heavy (non-hydrogen) atoms. The molecule has 2 aromatic heterocycles. The van der Waals surface area contributed by atoms with Gasteiger partial charge in [0.05, 0.1) is 16.1 Å². The lowest BCUT2D eigenvalue weighted by molar-refractivity contribution is 0.102. The lowest BCUT2D eigenvalue weighted by atomic mass is 10.1. The predicted octanol–water partition coefficient (Wildman–Crippen LogP) is 1.84. The number of rotatable bonds is 1. The van der Waals surface area contributed by atoms with Crippen molar-refractivity contribution >= 4 is 38.8 Å². The summed E-state index contributed by atoms with van der Waals surface area (Å²) in [6, 6.07) is 2.00. The van der Waals surface area contributed by atoms with Crippen LogP contribution >= 0.6 is 11.3 Å². The molecule has 0 amide bonds. The summed E-state index contributed by atoms with van der Waals surface area (Å²) in [6.45, 7) is 3.21. The van der Waals surface area contributed by atoms with Gasteiger partial charge in [-0.05, 0) is 12.5 Å². The Labute approximate surface area is 102 Å². The number of thiophene rings is 1. The molecule has 0 bridgehead atoms. The van der Waals surface area contributed by atoms with E-state index in [9.17, 15) is 4.79 Å². The second kappa shape index (κ2) is 3.71. The summed E-state index contributed by atoms with van der Waals surface area (Å²) in [4.78, 5) is 16.6. The maximum Gasteiger partial charge on any atom is 0.171 e. The summed E-state index contributed by atoms with van der Waals surface area (Å²) in [5.74, 6) is 0.0656. The first-order valence-corrected chi connectivity index (χ1v) is 5.68. The topological polar surface area (TPSA) is 106 Å². The maximum absolute atomic E-state index is 11.4. The summed E-state index contributed by atoms with van der Waals surface area (Å²) in [5, 5.41) is 9.65. The smallest absolute Gasteiger partial charge is 0.171 e. The molecule has 0 saturated carbocycles. The number of nitriles is 1. The number of nitrogens with two attached hydrogens (primary N) is 2. The molecule has 0 aliphatic heterocycles. The minimum atomic E-state index is -0.109. The van der Waals surface area contributed by atoms with Gasteiger partial charge in [0.25, 0.3) is 0 Å². The second-order valence-corrected chi connectivity index (χ2v) is 4.69. The molecule has 0 unspecified atom stereocenters. The number of aromatic nitrogens is 1. The Bertz CT molecular complexity index is 681. The van der Waals surface area contributed by atoms with Gasteiger partial charge in [-0.2, -0.15) is 5.26 Å². The number of ketones is 1. The standard InChI is InChI=1S/C11H10N4OS/c1-4-6(3-12)10(14)15-11-7(4)8(13)9(17-11)5(2)16/h13H2,1-2H3,(H2,14,15). The molecule has 86 valence electrons. The predicted molar refractivity (Wildman–Crippen MR) is 67.9 cm³/mol. The molecule has 0 fully saturated rings. The van der Waals surface area contributed by atoms with Crippen molar-refractivity contribution in [3.05, 3.63) is 16.0 Å². The first kappa shape index (κ1) is 11.4. The highest BCUT2D eigenvalue weighted by atomic mass is 32.1. The molecule has 2 heterocycles. The Hall–Kier alpha value is -2.13. The Morgan fingerprint density at radius 1 is 1.47 bits per heavy atom. The number of Topliss-reactive ketones (excluding diaryl/α,β-unsaturated/α-hetero) is 1. The van der Waals surface area contributed by atoms with Crippen LogP contribution in [0.2, 0.25) is 0 Å². The molecule has 4 N–H and O–H groups in total. The maximum atomic E-state index is 11.4. The van der Waals surface area contributed by atoms with Crippen molar-refractivity contribution in [3.8, 4) is 6.07 Å². The van der Waals surface area contributed by atoms with Crippen molar-refractivity contribution in [2.45, 2.75) is 13.8 Å². The number of anilines is 2. The van der Waals surface area contributed by atoms with E-state index < -0.39 is 0 Å². The monoisotopic (exact) mass is 246 g/mol. The van der Waals surface area contributed by atoms with E-state index in [0.29, 0.717) is 31.9 Å². The molecular weight excluding hydrogens is 236 g/mol. The van der Waals surface area contributed by atoms with Crippen LogP contribution in [0.1, 0.15) is 27.7 Å². The fourth-order valence-electron chi connectivity index (χ4n) is 1.76. The number of carbonyl (C=O) groups excluding carboxylic acids is 1. The van der Waals surface area contributed by atoms with Gasteiger partial charge in [-0.15, -0.1) is 11.3 Å². The zero-order valence-electron chi connectivity index (χ0n) is 9.37. The first-order chi connectivity index (χ1) is 7.97. The van der Waals surface area contributed by atoms with Gasteiger partial charge in [-0.1, -0.05) is 0 Å². The van der Waals surface area contributed by atoms with E-state index in [0.717, 1.165) is 0 Å². The van der Waals surface area contributed by atoms with Gasteiger partial charge in [0.15, 0.2) is 5.78 Å². The summed E-state index contributed by atoms with van der Waals surface area (Å²) in [6.07, 6.45) is 0. The minimum Gasteiger partial charge on any atom is -0.397 e. The average Bonchev–Trinajstić information content (AvgIpc) is 2.56. The van der Waals surface area contributed by atoms with E-state index in [-0.39, 0.29) is 11.6 Å². The summed E-state index contributed by atoms with van der Waals surface area (Å²) >= 11 is 1.20. The normalized spacial score (nSPS) is 10.4. The van der Waals surface area contributed by atoms with Gasteiger partial charge in [-0.25, -0.2) is 4.98 Å². The fraction of sp³-hybridized carbons (Fsp3) is 0.182. The lowest BCUT2D eigenvalue weighted by Crippen LogP contribution is -1.99. The zero-order valence-corrected chi connectivity index (χ0v) is 10.2. The van der Waals surface area contributed by atoms with Gasteiger partial charge in [0, 0.05) is 12.3 Å². The molecule has 0 spiro atoms. The average molecular weight is 246 g/mol. The molecule has 5 nitrogen and oxygen atoms in total. The van der Waals surface area contributed by atoms with Crippen LogP contribution < -0.4 is 11.5 Å². The quantitative estimate of drug-likeness (QED) is 0.747. The number of nitrogen functional groups attached to an aromatic ring is 2. The van der Waals surface area contributed by atoms with Crippen molar-refractivity contribution in [1.82, 2.24) is 4.98 Å². The molecule has 0 radical (unpaired) electrons. The van der Waals surface area contributed by atoms with E-state index in [2.05, 4.69) is 4.98 Å². The van der Waals surface area contributed by atoms with Crippen molar-refractivity contribution in [2.24, 2.45) is 0 Å². The lowest BCUT2D eigenvalue weighted by Gasteiger charge is -2.03. The van der Waals surface area contributed by atoms with E-state index in [1.165, 1.54) is 18.3 Å². The van der Waals surface area contributed by atoms with Crippen LogP contribution in [0.4, 0.5) is 11.5 Å². The number of hydrogen-bond donors (Lipinski definition) is 2. The number of hydrogen-bond acceptors (Lipinski definition) is 6. The van der Waals surface area contributed by atoms with Crippen molar-refractivity contribution < 1.29 is 4.79 Å². The number of pyridine rings is 1. The van der Waals surface area contributed by atoms with Crippen LogP contribution in [0.25, 0.3) is 10.2 Å². The largest absolute Gasteiger partial charge is 0.397 e. The Morgan fingerprint density at radius 2 is 2.12 bits per heavy atom. The van der Waals surface area contributed by atoms with Crippen LogP contribution in [-0.2, 0) is 0 Å². The third-order valence-electron chi connectivity index (χ3n) is 2.59. The highest BCUT2D eigenvalue weighted by Crippen LogP contribution is 2.37. The number of nitrogens with zero attached hydrogens (tertiary/aromatic N) is 2. The van der Waals surface area contributed by atoms with Crippen LogP contribution in [-0.4, -0.2) is 10.8 Å². The number of carbonyl (C=O) groups is 1. The van der Waals surface area contributed by atoms with Crippen LogP contribution in [0, 0.1) is 18.3 Å². The van der Waals surface area contributed by atoms with Gasteiger partial charge >= 0.3 is 0 Å². The second-order valence-electron chi connectivity index (χ2n) is 3.69. The van der Waals surface area contributed by atoms with Gasteiger partial charge in [0.2, 0.25) is 0 Å². The van der Waals surface area contributed by atoms with Gasteiger partial charge in [0.1, 0.15) is 16.7 Å². The van der Waals surface area contributed by atoms with Crippen LogP contribution in [0.15, 0.2) is 0 Å². The van der Waals surface area contributed by atoms with E-state index in [1.54, 1.807) is 6.92 Å². The molecule has 0 aliphatic rings. The summed E-state index contributed by atoms with van der Waals surface area (Å²) in [7, 11) is 0. The highest BCUT2D eigenvalue weighted by molar-refractivity contribution is 7.21. The molecule has 0 aliphatic carbocycles. The molecule has 0 atom stereocenters. The summed E-state index contributed by atoms with van der Waals surface area (Å²) in [5.41, 5.74) is 13.0. The molecule has 2 aromatic rings. The van der Waals surface area contributed by atoms with Crippen LogP contribution in [0.5, 0.6) is 0 Å². The molecule has 2 rings (SSSR count). The number of aryl methyl sites for hydroxylation is 1. The van der Waals surface area contributed by atoms with E-state index in [1.807, 2.05) is 6.07 Å². The third kappa shape index (κ3) is 1.52. The van der Waals surface area contributed by atoms with Crippen LogP contribution in [0.3, 0.4) is 0 Å². The molecule has 0 saturated heterocycles. The van der Waals surface area contributed by atoms with Crippen molar-refractivity contribution in [1.29, 1.82) is 5.26 Å².